The molecule has 100 valence electrons. The second kappa shape index (κ2) is 6.43. The van der Waals surface area contributed by atoms with Gasteiger partial charge in [-0.2, -0.15) is 0 Å². The third-order valence-corrected chi connectivity index (χ3v) is 3.32. The molecule has 2 aromatic rings. The van der Waals surface area contributed by atoms with Crippen molar-refractivity contribution in [2.45, 2.75) is 6.54 Å². The van der Waals surface area contributed by atoms with Crippen molar-refractivity contribution in [1.82, 2.24) is 4.98 Å². The van der Waals surface area contributed by atoms with Crippen molar-refractivity contribution >= 4 is 21.6 Å². The molecule has 1 heterocycles. The summed E-state index contributed by atoms with van der Waals surface area (Å²) in [5.41, 5.74) is 1.87. The number of anilines is 1. The van der Waals surface area contributed by atoms with Crippen molar-refractivity contribution in [1.29, 1.82) is 0 Å². The molecule has 0 fully saturated rings. The Kier molecular flexibility index (Phi) is 4.63. The summed E-state index contributed by atoms with van der Waals surface area (Å²) in [6.45, 7) is 0.614. The van der Waals surface area contributed by atoms with Gasteiger partial charge in [0.05, 0.1) is 32.1 Å². The molecule has 0 aliphatic rings. The molecule has 0 saturated heterocycles. The van der Waals surface area contributed by atoms with Gasteiger partial charge in [0, 0.05) is 16.6 Å². The van der Waals surface area contributed by atoms with Crippen LogP contribution in [0.2, 0.25) is 0 Å². The van der Waals surface area contributed by atoms with Gasteiger partial charge in [0.1, 0.15) is 5.75 Å². The molecule has 0 atom stereocenters. The van der Waals surface area contributed by atoms with Crippen LogP contribution in [0.3, 0.4) is 0 Å². The molecule has 4 nitrogen and oxygen atoms in total. The largest absolute Gasteiger partial charge is 0.497 e. The summed E-state index contributed by atoms with van der Waals surface area (Å²) in [6.07, 6.45) is 0. The number of rotatable bonds is 5. The number of methoxy groups -OCH3 is 2. The Bertz CT molecular complexity index is 561. The number of nitrogens with zero attached hydrogens (tertiary/aromatic N) is 1. The quantitative estimate of drug-likeness (QED) is 0.915. The van der Waals surface area contributed by atoms with Crippen LogP contribution >= 0.6 is 15.9 Å². The zero-order chi connectivity index (χ0) is 13.7. The number of aromatic nitrogens is 1. The highest BCUT2D eigenvalue weighted by Crippen LogP contribution is 2.27. The monoisotopic (exact) mass is 322 g/mol. The molecule has 1 aromatic heterocycles. The fourth-order valence-corrected chi connectivity index (χ4v) is 2.01. The van der Waals surface area contributed by atoms with Gasteiger partial charge in [-0.3, -0.25) is 0 Å². The zero-order valence-electron chi connectivity index (χ0n) is 10.8. The molecule has 1 N–H and O–H groups in total. The Hall–Kier alpha value is -1.75. The van der Waals surface area contributed by atoms with Crippen molar-refractivity contribution in [2.24, 2.45) is 0 Å². The maximum absolute atomic E-state index is 5.20. The summed E-state index contributed by atoms with van der Waals surface area (Å²) >= 11 is 3.50. The summed E-state index contributed by atoms with van der Waals surface area (Å²) in [7, 11) is 3.26. The van der Waals surface area contributed by atoms with E-state index >= 15 is 0 Å². The number of pyridine rings is 1. The highest BCUT2D eigenvalue weighted by atomic mass is 79.9. The molecule has 0 spiro atoms. The van der Waals surface area contributed by atoms with Gasteiger partial charge in [0.15, 0.2) is 0 Å². The Morgan fingerprint density at radius 2 is 2.00 bits per heavy atom. The molecule has 0 radical (unpaired) electrons. The fourth-order valence-electron chi connectivity index (χ4n) is 1.62. The molecular weight excluding hydrogens is 308 g/mol. The van der Waals surface area contributed by atoms with E-state index in [1.165, 1.54) is 0 Å². The van der Waals surface area contributed by atoms with Crippen LogP contribution in [0.5, 0.6) is 11.6 Å². The number of hydrogen-bond donors (Lipinski definition) is 1. The second-order valence-electron chi connectivity index (χ2n) is 3.87. The summed E-state index contributed by atoms with van der Waals surface area (Å²) in [5, 5.41) is 3.31. The number of nitrogens with one attached hydrogen (secondary N) is 1. The molecule has 2 rings (SSSR count). The third-order valence-electron chi connectivity index (χ3n) is 2.62. The van der Waals surface area contributed by atoms with Gasteiger partial charge in [0.2, 0.25) is 5.88 Å². The standard InChI is InChI=1S/C14H15BrN2O2/c1-18-11-6-7-12(15)13(8-11)16-9-10-4-3-5-14(17-10)19-2/h3-8,16H,9H2,1-2H3. The maximum Gasteiger partial charge on any atom is 0.213 e. The Morgan fingerprint density at radius 1 is 1.16 bits per heavy atom. The van der Waals surface area contributed by atoms with Gasteiger partial charge in [0.25, 0.3) is 0 Å². The molecule has 5 heteroatoms. The smallest absolute Gasteiger partial charge is 0.213 e. The summed E-state index contributed by atoms with van der Waals surface area (Å²) < 4.78 is 11.3. The fraction of sp³-hybridized carbons (Fsp3) is 0.214. The van der Waals surface area contributed by atoms with E-state index in [1.54, 1.807) is 14.2 Å². The lowest BCUT2D eigenvalue weighted by atomic mass is 10.3. The van der Waals surface area contributed by atoms with Crippen molar-refractivity contribution in [3.8, 4) is 11.6 Å². The predicted molar refractivity (Wildman–Crippen MR) is 78.8 cm³/mol. The first kappa shape index (κ1) is 13.7. The average Bonchev–Trinajstić information content (AvgIpc) is 2.46. The van der Waals surface area contributed by atoms with E-state index in [2.05, 4.69) is 26.2 Å². The molecule has 0 saturated carbocycles. The molecule has 19 heavy (non-hydrogen) atoms. The predicted octanol–water partition coefficient (Wildman–Crippen LogP) is 3.47. The third kappa shape index (κ3) is 3.61. The number of halogens is 1. The van der Waals surface area contributed by atoms with E-state index in [0.717, 1.165) is 21.6 Å². The molecule has 0 bridgehead atoms. The lowest BCUT2D eigenvalue weighted by molar-refractivity contribution is 0.396. The van der Waals surface area contributed by atoms with Crippen LogP contribution < -0.4 is 14.8 Å². The average molecular weight is 323 g/mol. The first-order valence-corrected chi connectivity index (χ1v) is 6.59. The van der Waals surface area contributed by atoms with Gasteiger partial charge in [-0.1, -0.05) is 6.07 Å². The van der Waals surface area contributed by atoms with Crippen LogP contribution in [0.1, 0.15) is 5.69 Å². The van der Waals surface area contributed by atoms with Gasteiger partial charge < -0.3 is 14.8 Å². The van der Waals surface area contributed by atoms with Crippen LogP contribution in [0.25, 0.3) is 0 Å². The van der Waals surface area contributed by atoms with E-state index in [4.69, 9.17) is 9.47 Å². The molecule has 0 aliphatic heterocycles. The van der Waals surface area contributed by atoms with Crippen molar-refractivity contribution in [3.05, 3.63) is 46.6 Å². The Balaban J connectivity index is 2.09. The van der Waals surface area contributed by atoms with Crippen molar-refractivity contribution in [2.75, 3.05) is 19.5 Å². The SMILES string of the molecule is COc1ccc(Br)c(NCc2cccc(OC)n2)c1. The number of ether oxygens (including phenoxy) is 2. The zero-order valence-corrected chi connectivity index (χ0v) is 12.4. The van der Waals surface area contributed by atoms with Crippen LogP contribution in [0.4, 0.5) is 5.69 Å². The highest BCUT2D eigenvalue weighted by molar-refractivity contribution is 9.10. The minimum Gasteiger partial charge on any atom is -0.497 e. The van der Waals surface area contributed by atoms with Crippen LogP contribution in [0, 0.1) is 0 Å². The molecule has 0 amide bonds. The van der Waals surface area contributed by atoms with Gasteiger partial charge >= 0.3 is 0 Å². The molecule has 0 aliphatic carbocycles. The topological polar surface area (TPSA) is 43.4 Å². The lowest BCUT2D eigenvalue weighted by Gasteiger charge is -2.10. The van der Waals surface area contributed by atoms with Gasteiger partial charge in [-0.15, -0.1) is 0 Å². The number of benzene rings is 1. The van der Waals surface area contributed by atoms with Crippen LogP contribution in [-0.2, 0) is 6.54 Å². The van der Waals surface area contributed by atoms with Crippen LogP contribution in [-0.4, -0.2) is 19.2 Å². The second-order valence-corrected chi connectivity index (χ2v) is 4.72. The maximum atomic E-state index is 5.20. The molecular formula is C14H15BrN2O2. The van der Waals surface area contributed by atoms with Gasteiger partial charge in [-0.05, 0) is 34.1 Å². The Morgan fingerprint density at radius 3 is 2.74 bits per heavy atom. The normalized spacial score (nSPS) is 10.1. The summed E-state index contributed by atoms with van der Waals surface area (Å²) in [5.74, 6) is 1.42. The van der Waals surface area contributed by atoms with Gasteiger partial charge in [-0.25, -0.2) is 4.98 Å². The van der Waals surface area contributed by atoms with E-state index in [9.17, 15) is 0 Å². The first-order chi connectivity index (χ1) is 9.22. The minimum atomic E-state index is 0.614. The van der Waals surface area contributed by atoms with E-state index in [-0.39, 0.29) is 0 Å². The number of hydrogen-bond acceptors (Lipinski definition) is 4. The highest BCUT2D eigenvalue weighted by Gasteiger charge is 2.03. The molecule has 0 unspecified atom stereocenters. The first-order valence-electron chi connectivity index (χ1n) is 5.80. The van der Waals surface area contributed by atoms with E-state index in [0.29, 0.717) is 12.4 Å². The summed E-state index contributed by atoms with van der Waals surface area (Å²) in [6, 6.07) is 11.5. The molecule has 1 aromatic carbocycles. The van der Waals surface area contributed by atoms with E-state index in [1.807, 2.05) is 36.4 Å². The lowest BCUT2D eigenvalue weighted by Crippen LogP contribution is -2.03. The van der Waals surface area contributed by atoms with Crippen molar-refractivity contribution in [3.63, 3.8) is 0 Å². The minimum absolute atomic E-state index is 0.614. The summed E-state index contributed by atoms with van der Waals surface area (Å²) in [4.78, 5) is 4.35. The Labute approximate surface area is 120 Å². The van der Waals surface area contributed by atoms with Crippen molar-refractivity contribution < 1.29 is 9.47 Å². The van der Waals surface area contributed by atoms with Crippen LogP contribution in [0.15, 0.2) is 40.9 Å². The van der Waals surface area contributed by atoms with E-state index < -0.39 is 0 Å².